The van der Waals surface area contributed by atoms with Gasteiger partial charge in [0.05, 0.1) is 6.10 Å². The predicted octanol–water partition coefficient (Wildman–Crippen LogP) is 2.88. The Hall–Kier alpha value is -0.820. The van der Waals surface area contributed by atoms with E-state index in [1.165, 1.54) is 5.56 Å². The molecule has 0 radical (unpaired) electrons. The second kappa shape index (κ2) is 5.16. The van der Waals surface area contributed by atoms with Crippen molar-refractivity contribution in [2.45, 2.75) is 33.3 Å². The quantitative estimate of drug-likeness (QED) is 0.777. The summed E-state index contributed by atoms with van der Waals surface area (Å²) in [7, 11) is 0. The Morgan fingerprint density at radius 2 is 1.64 bits per heavy atom. The van der Waals surface area contributed by atoms with Gasteiger partial charge in [-0.2, -0.15) is 0 Å². The zero-order valence-corrected chi connectivity index (χ0v) is 9.27. The monoisotopic (exact) mass is 192 g/mol. The van der Waals surface area contributed by atoms with Crippen molar-refractivity contribution in [2.24, 2.45) is 11.8 Å². The van der Waals surface area contributed by atoms with Gasteiger partial charge in [-0.25, -0.2) is 0 Å². The Labute approximate surface area is 86.8 Å². The number of benzene rings is 1. The van der Waals surface area contributed by atoms with Crippen LogP contribution in [-0.4, -0.2) is 11.2 Å². The minimum absolute atomic E-state index is 0.227. The predicted molar refractivity (Wildman–Crippen MR) is 60.2 cm³/mol. The van der Waals surface area contributed by atoms with Crippen molar-refractivity contribution in [3.63, 3.8) is 0 Å². The summed E-state index contributed by atoms with van der Waals surface area (Å²) in [6.07, 6.45) is 0.742. The molecule has 0 spiro atoms. The zero-order valence-electron chi connectivity index (χ0n) is 9.27. The van der Waals surface area contributed by atoms with Crippen LogP contribution >= 0.6 is 0 Å². The SMILES string of the molecule is CC(C)C(Cc1ccccc1)C(C)O. The van der Waals surface area contributed by atoms with Crippen LogP contribution in [0.5, 0.6) is 0 Å². The lowest BCUT2D eigenvalue weighted by Crippen LogP contribution is -2.24. The van der Waals surface area contributed by atoms with Gasteiger partial charge in [0, 0.05) is 0 Å². The summed E-state index contributed by atoms with van der Waals surface area (Å²) >= 11 is 0. The van der Waals surface area contributed by atoms with Gasteiger partial charge in [0.15, 0.2) is 0 Å². The molecule has 2 atom stereocenters. The molecule has 0 aliphatic carbocycles. The highest BCUT2D eigenvalue weighted by atomic mass is 16.3. The van der Waals surface area contributed by atoms with Crippen LogP contribution in [0.1, 0.15) is 26.3 Å². The van der Waals surface area contributed by atoms with Crippen molar-refractivity contribution in [1.82, 2.24) is 0 Å². The van der Waals surface area contributed by atoms with Crippen molar-refractivity contribution in [1.29, 1.82) is 0 Å². The largest absolute Gasteiger partial charge is 0.393 e. The fourth-order valence-corrected chi connectivity index (χ4v) is 1.85. The van der Waals surface area contributed by atoms with E-state index in [9.17, 15) is 5.11 Å². The fourth-order valence-electron chi connectivity index (χ4n) is 1.85. The summed E-state index contributed by atoms with van der Waals surface area (Å²) in [4.78, 5) is 0. The van der Waals surface area contributed by atoms with Crippen LogP contribution in [0.4, 0.5) is 0 Å². The maximum absolute atomic E-state index is 9.64. The maximum Gasteiger partial charge on any atom is 0.0545 e. The molecule has 0 fully saturated rings. The van der Waals surface area contributed by atoms with Crippen LogP contribution in [-0.2, 0) is 6.42 Å². The molecule has 78 valence electrons. The molecular formula is C13H20O. The van der Waals surface area contributed by atoms with Crippen molar-refractivity contribution in [3.8, 4) is 0 Å². The van der Waals surface area contributed by atoms with Crippen molar-refractivity contribution < 1.29 is 5.11 Å². The van der Waals surface area contributed by atoms with Crippen molar-refractivity contribution >= 4 is 0 Å². The van der Waals surface area contributed by atoms with Gasteiger partial charge in [-0.3, -0.25) is 0 Å². The smallest absolute Gasteiger partial charge is 0.0545 e. The van der Waals surface area contributed by atoms with E-state index in [1.54, 1.807) is 0 Å². The molecule has 0 aromatic heterocycles. The third-order valence-electron chi connectivity index (χ3n) is 2.79. The van der Waals surface area contributed by atoms with E-state index in [1.807, 2.05) is 13.0 Å². The van der Waals surface area contributed by atoms with Gasteiger partial charge in [-0.05, 0) is 30.7 Å². The number of rotatable bonds is 4. The molecule has 0 heterocycles. The first kappa shape index (κ1) is 11.3. The Morgan fingerprint density at radius 3 is 2.07 bits per heavy atom. The molecule has 0 bridgehead atoms. The van der Waals surface area contributed by atoms with Gasteiger partial charge in [0.25, 0.3) is 0 Å². The average Bonchev–Trinajstić information content (AvgIpc) is 2.15. The summed E-state index contributed by atoms with van der Waals surface area (Å²) in [6, 6.07) is 10.4. The van der Waals surface area contributed by atoms with E-state index in [0.29, 0.717) is 11.8 Å². The minimum Gasteiger partial charge on any atom is -0.393 e. The third-order valence-corrected chi connectivity index (χ3v) is 2.79. The maximum atomic E-state index is 9.64. The van der Waals surface area contributed by atoms with Gasteiger partial charge in [-0.1, -0.05) is 44.2 Å². The lowest BCUT2D eigenvalue weighted by atomic mass is 9.85. The van der Waals surface area contributed by atoms with Crippen molar-refractivity contribution in [2.75, 3.05) is 0 Å². The number of hydrogen-bond acceptors (Lipinski definition) is 1. The molecule has 0 aliphatic rings. The lowest BCUT2D eigenvalue weighted by Gasteiger charge is -2.23. The first-order valence-electron chi connectivity index (χ1n) is 5.33. The molecule has 1 N–H and O–H groups in total. The Balaban J connectivity index is 2.65. The Kier molecular flexibility index (Phi) is 4.15. The van der Waals surface area contributed by atoms with Crippen LogP contribution < -0.4 is 0 Å². The molecule has 0 aliphatic heterocycles. The molecule has 1 aromatic rings. The fraction of sp³-hybridized carbons (Fsp3) is 0.538. The summed E-state index contributed by atoms with van der Waals surface area (Å²) in [5, 5.41) is 9.64. The number of hydrogen-bond donors (Lipinski definition) is 1. The molecule has 14 heavy (non-hydrogen) atoms. The van der Waals surface area contributed by atoms with Crippen molar-refractivity contribution in [3.05, 3.63) is 35.9 Å². The molecule has 1 nitrogen and oxygen atoms in total. The van der Waals surface area contributed by atoms with Gasteiger partial charge in [0.2, 0.25) is 0 Å². The van der Waals surface area contributed by atoms with Gasteiger partial charge < -0.3 is 5.11 Å². The zero-order chi connectivity index (χ0) is 10.6. The van der Waals surface area contributed by atoms with Gasteiger partial charge in [-0.15, -0.1) is 0 Å². The van der Waals surface area contributed by atoms with Crippen LogP contribution in [0.3, 0.4) is 0 Å². The second-order valence-electron chi connectivity index (χ2n) is 4.34. The first-order chi connectivity index (χ1) is 6.61. The van der Waals surface area contributed by atoms with E-state index < -0.39 is 0 Å². The number of aliphatic hydroxyl groups is 1. The second-order valence-corrected chi connectivity index (χ2v) is 4.34. The van der Waals surface area contributed by atoms with Crippen LogP contribution in [0.15, 0.2) is 30.3 Å². The number of aliphatic hydroxyl groups excluding tert-OH is 1. The molecule has 2 unspecified atom stereocenters. The Morgan fingerprint density at radius 1 is 1.07 bits per heavy atom. The summed E-state index contributed by atoms with van der Waals surface area (Å²) in [6.45, 7) is 6.22. The van der Waals surface area contributed by atoms with Gasteiger partial charge in [0.1, 0.15) is 0 Å². The van der Waals surface area contributed by atoms with Crippen LogP contribution in [0, 0.1) is 11.8 Å². The standard InChI is InChI=1S/C13H20O/c1-10(2)13(11(3)14)9-12-7-5-4-6-8-12/h4-8,10-11,13-14H,9H2,1-3H3. The summed E-state index contributed by atoms with van der Waals surface area (Å²) in [5.41, 5.74) is 1.31. The van der Waals surface area contributed by atoms with Gasteiger partial charge >= 0.3 is 0 Å². The highest BCUT2D eigenvalue weighted by Crippen LogP contribution is 2.20. The topological polar surface area (TPSA) is 20.2 Å². The van der Waals surface area contributed by atoms with E-state index in [-0.39, 0.29) is 6.10 Å². The minimum atomic E-state index is -0.227. The molecular weight excluding hydrogens is 172 g/mol. The van der Waals surface area contributed by atoms with Crippen LogP contribution in [0.25, 0.3) is 0 Å². The van der Waals surface area contributed by atoms with Crippen LogP contribution in [0.2, 0.25) is 0 Å². The van der Waals surface area contributed by atoms with E-state index in [4.69, 9.17) is 0 Å². The molecule has 0 saturated carbocycles. The summed E-state index contributed by atoms with van der Waals surface area (Å²) in [5.74, 6) is 0.882. The third kappa shape index (κ3) is 3.15. The molecule has 1 heteroatoms. The highest BCUT2D eigenvalue weighted by Gasteiger charge is 2.18. The van der Waals surface area contributed by atoms with E-state index in [2.05, 4.69) is 38.1 Å². The lowest BCUT2D eigenvalue weighted by molar-refractivity contribution is 0.0977. The molecule has 1 aromatic carbocycles. The van der Waals surface area contributed by atoms with E-state index in [0.717, 1.165) is 6.42 Å². The molecule has 0 amide bonds. The summed E-state index contributed by atoms with van der Waals surface area (Å²) < 4.78 is 0. The average molecular weight is 192 g/mol. The Bertz CT molecular complexity index is 243. The normalized spacial score (nSPS) is 15.5. The first-order valence-corrected chi connectivity index (χ1v) is 5.33. The molecule has 0 saturated heterocycles. The molecule has 1 rings (SSSR count). The highest BCUT2D eigenvalue weighted by molar-refractivity contribution is 5.15. The van der Waals surface area contributed by atoms with E-state index >= 15 is 0 Å².